The maximum atomic E-state index is 11.3. The molecule has 3 N–H and O–H groups in total. The quantitative estimate of drug-likeness (QED) is 0.683. The van der Waals surface area contributed by atoms with Gasteiger partial charge in [0.15, 0.2) is 0 Å². The van der Waals surface area contributed by atoms with Gasteiger partial charge >= 0.3 is 0 Å². The highest BCUT2D eigenvalue weighted by atomic mass is 16.3. The average molecular weight is 379 g/mol. The van der Waals surface area contributed by atoms with Crippen molar-refractivity contribution in [2.24, 2.45) is 46.3 Å². The predicted octanol–water partition coefficient (Wildman–Crippen LogP) is 4.38. The third kappa shape index (κ3) is 2.86. The largest absolute Gasteiger partial charge is 0.393 e. The van der Waals surface area contributed by atoms with E-state index in [2.05, 4.69) is 27.7 Å². The molecule has 0 spiro atoms. The molecular weight excluding hydrogens is 336 g/mol. The summed E-state index contributed by atoms with van der Waals surface area (Å²) in [7, 11) is 0. The highest BCUT2D eigenvalue weighted by Gasteiger charge is 2.65. The van der Waals surface area contributed by atoms with Crippen LogP contribution in [0.4, 0.5) is 0 Å². The Morgan fingerprint density at radius 1 is 0.852 bits per heavy atom. The van der Waals surface area contributed by atoms with Gasteiger partial charge in [0.05, 0.1) is 18.3 Å². The summed E-state index contributed by atoms with van der Waals surface area (Å²) in [6.45, 7) is 9.61. The van der Waals surface area contributed by atoms with Crippen LogP contribution in [0.15, 0.2) is 0 Å². The zero-order chi connectivity index (χ0) is 19.6. The first kappa shape index (κ1) is 20.2. The Morgan fingerprint density at radius 2 is 1.52 bits per heavy atom. The maximum Gasteiger partial charge on any atom is 0.0836 e. The highest BCUT2D eigenvalue weighted by Crippen LogP contribution is 2.68. The van der Waals surface area contributed by atoms with Crippen molar-refractivity contribution in [3.8, 4) is 0 Å². The number of fused-ring (bicyclic) bond motifs is 5. The molecule has 0 bridgehead atoms. The summed E-state index contributed by atoms with van der Waals surface area (Å²) in [6.07, 6.45) is 8.51. The molecule has 0 heterocycles. The molecule has 0 radical (unpaired) electrons. The lowest BCUT2D eigenvalue weighted by molar-refractivity contribution is -0.223. The monoisotopic (exact) mass is 378 g/mol. The molecule has 4 rings (SSSR count). The summed E-state index contributed by atoms with van der Waals surface area (Å²) < 4.78 is 0. The summed E-state index contributed by atoms with van der Waals surface area (Å²) in [5, 5.41) is 32.6. The van der Waals surface area contributed by atoms with Gasteiger partial charge in [-0.1, -0.05) is 40.5 Å². The van der Waals surface area contributed by atoms with Crippen molar-refractivity contribution in [3.63, 3.8) is 0 Å². The molecule has 4 aliphatic rings. The van der Waals surface area contributed by atoms with Crippen molar-refractivity contribution < 1.29 is 15.3 Å². The fourth-order valence-corrected chi connectivity index (χ4v) is 8.87. The Labute approximate surface area is 165 Å². The van der Waals surface area contributed by atoms with E-state index in [1.165, 1.54) is 38.5 Å². The average Bonchev–Trinajstić information content (AvgIpc) is 2.98. The number of hydrogen-bond acceptors (Lipinski definition) is 3. The highest BCUT2D eigenvalue weighted by molar-refractivity contribution is 5.13. The summed E-state index contributed by atoms with van der Waals surface area (Å²) in [6, 6.07) is 0. The van der Waals surface area contributed by atoms with Crippen LogP contribution in [0.1, 0.15) is 85.5 Å². The third-order valence-electron chi connectivity index (χ3n) is 10.2. The lowest BCUT2D eigenvalue weighted by Gasteiger charge is -2.63. The van der Waals surface area contributed by atoms with Crippen molar-refractivity contribution >= 4 is 0 Å². The van der Waals surface area contributed by atoms with Crippen LogP contribution in [0.2, 0.25) is 0 Å². The van der Waals surface area contributed by atoms with E-state index in [4.69, 9.17) is 0 Å². The van der Waals surface area contributed by atoms with Crippen LogP contribution in [-0.2, 0) is 0 Å². The molecule has 3 nitrogen and oxygen atoms in total. The summed E-state index contributed by atoms with van der Waals surface area (Å²) in [5.41, 5.74) is 0.408. The van der Waals surface area contributed by atoms with Crippen molar-refractivity contribution in [1.82, 2.24) is 0 Å². The second-order valence-corrected chi connectivity index (χ2v) is 11.3. The van der Waals surface area contributed by atoms with Gasteiger partial charge in [0, 0.05) is 0 Å². The molecule has 3 heteroatoms. The van der Waals surface area contributed by atoms with E-state index in [-0.39, 0.29) is 23.4 Å². The van der Waals surface area contributed by atoms with Gasteiger partial charge in [-0.2, -0.15) is 0 Å². The van der Waals surface area contributed by atoms with Gasteiger partial charge in [0.1, 0.15) is 0 Å². The molecule has 156 valence electrons. The van der Waals surface area contributed by atoms with E-state index >= 15 is 0 Å². The Bertz CT molecular complexity index is 550. The zero-order valence-electron chi connectivity index (χ0n) is 17.9. The predicted molar refractivity (Wildman–Crippen MR) is 108 cm³/mol. The zero-order valence-corrected chi connectivity index (χ0v) is 17.9. The Kier molecular flexibility index (Phi) is 5.22. The number of aliphatic hydroxyl groups is 3. The molecular formula is C24H42O3. The SMILES string of the molecule is CCC[C@@H](C)[C@H]1CC[C@H]2[C@@H]3[C@H](O)[C@H](O)[C@@H]4C[C@H](O)CC[C@]4(C)[C@H]3CC[C@]12C. The number of hydrogen-bond donors (Lipinski definition) is 3. The number of rotatable bonds is 3. The number of aliphatic hydroxyl groups excluding tert-OH is 3. The standard InChI is InChI=1S/C24H42O3/c1-5-6-14(2)16-7-8-17-20-18(10-12-23(16,17)3)24(4)11-9-15(25)13-19(24)21(26)22(20)27/h14-22,25-27H,5-13H2,1-4H3/t14-,15-,16-,17+,18+,19+,20+,21-,22+,23-,24-/m1/s1. The molecule has 4 aliphatic carbocycles. The Morgan fingerprint density at radius 3 is 2.22 bits per heavy atom. The molecule has 4 saturated carbocycles. The second-order valence-electron chi connectivity index (χ2n) is 11.3. The van der Waals surface area contributed by atoms with Crippen LogP contribution >= 0.6 is 0 Å². The maximum absolute atomic E-state index is 11.3. The minimum atomic E-state index is -0.666. The minimum Gasteiger partial charge on any atom is -0.393 e. The van der Waals surface area contributed by atoms with Crippen molar-refractivity contribution in [1.29, 1.82) is 0 Å². The van der Waals surface area contributed by atoms with Crippen molar-refractivity contribution in [2.75, 3.05) is 0 Å². The fourth-order valence-electron chi connectivity index (χ4n) is 8.87. The summed E-state index contributed by atoms with van der Waals surface area (Å²) in [5.74, 6) is 2.89. The molecule has 0 aromatic carbocycles. The smallest absolute Gasteiger partial charge is 0.0836 e. The Balaban J connectivity index is 1.65. The van der Waals surface area contributed by atoms with E-state index in [9.17, 15) is 15.3 Å². The van der Waals surface area contributed by atoms with E-state index in [1.807, 2.05) is 0 Å². The molecule has 0 aromatic heterocycles. The normalized spacial score (nSPS) is 56.1. The van der Waals surface area contributed by atoms with Crippen LogP contribution in [0.25, 0.3) is 0 Å². The minimum absolute atomic E-state index is 0.0538. The van der Waals surface area contributed by atoms with Gasteiger partial charge in [-0.05, 0) is 91.3 Å². The van der Waals surface area contributed by atoms with Gasteiger partial charge in [0.25, 0.3) is 0 Å². The summed E-state index contributed by atoms with van der Waals surface area (Å²) in [4.78, 5) is 0. The van der Waals surface area contributed by atoms with Crippen molar-refractivity contribution in [3.05, 3.63) is 0 Å². The van der Waals surface area contributed by atoms with Gasteiger partial charge in [0.2, 0.25) is 0 Å². The molecule has 0 saturated heterocycles. The molecule has 0 unspecified atom stereocenters. The molecule has 0 aromatic rings. The van der Waals surface area contributed by atoms with Crippen LogP contribution in [0.3, 0.4) is 0 Å². The van der Waals surface area contributed by atoms with Gasteiger partial charge in [-0.3, -0.25) is 0 Å². The molecule has 27 heavy (non-hydrogen) atoms. The lowest BCUT2D eigenvalue weighted by atomic mass is 9.43. The van der Waals surface area contributed by atoms with Crippen LogP contribution in [0, 0.1) is 46.3 Å². The van der Waals surface area contributed by atoms with Crippen LogP contribution in [0.5, 0.6) is 0 Å². The molecule has 0 amide bonds. The topological polar surface area (TPSA) is 60.7 Å². The van der Waals surface area contributed by atoms with Gasteiger partial charge in [-0.25, -0.2) is 0 Å². The van der Waals surface area contributed by atoms with E-state index in [0.29, 0.717) is 23.7 Å². The lowest BCUT2D eigenvalue weighted by Crippen LogP contribution is -2.64. The van der Waals surface area contributed by atoms with Crippen molar-refractivity contribution in [2.45, 2.75) is 104 Å². The Hall–Kier alpha value is -0.120. The van der Waals surface area contributed by atoms with Gasteiger partial charge in [-0.15, -0.1) is 0 Å². The fraction of sp³-hybridized carbons (Fsp3) is 1.00. The first-order valence-electron chi connectivity index (χ1n) is 11.8. The van der Waals surface area contributed by atoms with Crippen LogP contribution in [-0.4, -0.2) is 33.6 Å². The molecule has 11 atom stereocenters. The van der Waals surface area contributed by atoms with E-state index in [1.54, 1.807) is 0 Å². The van der Waals surface area contributed by atoms with Crippen LogP contribution < -0.4 is 0 Å². The first-order valence-corrected chi connectivity index (χ1v) is 11.8. The molecule has 0 aliphatic heterocycles. The molecule has 4 fully saturated rings. The van der Waals surface area contributed by atoms with E-state index < -0.39 is 12.2 Å². The second kappa shape index (κ2) is 6.99. The first-order chi connectivity index (χ1) is 12.7. The third-order valence-corrected chi connectivity index (χ3v) is 10.2. The van der Waals surface area contributed by atoms with Gasteiger partial charge < -0.3 is 15.3 Å². The van der Waals surface area contributed by atoms with E-state index in [0.717, 1.165) is 24.7 Å². The summed E-state index contributed by atoms with van der Waals surface area (Å²) >= 11 is 0.